The van der Waals surface area contributed by atoms with Crippen molar-refractivity contribution in [3.8, 4) is 17.2 Å². The van der Waals surface area contributed by atoms with Gasteiger partial charge in [-0.25, -0.2) is 0 Å². The van der Waals surface area contributed by atoms with Crippen molar-refractivity contribution in [3.05, 3.63) is 79.7 Å². The lowest BCUT2D eigenvalue weighted by molar-refractivity contribution is 0.267. The first-order valence-corrected chi connectivity index (χ1v) is 10.6. The molecular weight excluding hydrogens is 468 g/mol. The third-order valence-electron chi connectivity index (χ3n) is 4.25. The number of aromatic hydroxyl groups is 1. The Hall–Kier alpha value is -1.98. The standard InChI is InChI=1S/C22H19Cl4NO3/c1-2-29-20-5-3-4-13(11-27-16-9-18(25)21(28)19(26)10-16)22(20)30-12-14-6-7-15(23)8-17(14)24/h3-10,27-28H,2,11-12H2,1H3. The Balaban J connectivity index is 1.82. The fraction of sp³-hybridized carbons (Fsp3) is 0.182. The first-order chi connectivity index (χ1) is 14.4. The van der Waals surface area contributed by atoms with Crippen LogP contribution in [0.25, 0.3) is 0 Å². The normalized spacial score (nSPS) is 10.7. The first-order valence-electron chi connectivity index (χ1n) is 9.12. The van der Waals surface area contributed by atoms with Crippen LogP contribution in [0.2, 0.25) is 20.1 Å². The Kier molecular flexibility index (Phi) is 7.84. The Morgan fingerprint density at radius 1 is 0.867 bits per heavy atom. The second kappa shape index (κ2) is 10.4. The van der Waals surface area contributed by atoms with Gasteiger partial charge in [-0.1, -0.05) is 64.6 Å². The molecule has 0 fully saturated rings. The van der Waals surface area contributed by atoms with Crippen LogP contribution in [0.5, 0.6) is 17.2 Å². The molecule has 0 saturated carbocycles. The van der Waals surface area contributed by atoms with Gasteiger partial charge in [-0.2, -0.15) is 0 Å². The number of nitrogens with one attached hydrogen (secondary N) is 1. The number of anilines is 1. The van der Waals surface area contributed by atoms with Gasteiger partial charge in [0.05, 0.1) is 16.7 Å². The minimum Gasteiger partial charge on any atom is -0.505 e. The van der Waals surface area contributed by atoms with Gasteiger partial charge in [-0.3, -0.25) is 0 Å². The van der Waals surface area contributed by atoms with Crippen molar-refractivity contribution in [2.24, 2.45) is 0 Å². The lowest BCUT2D eigenvalue weighted by Gasteiger charge is -2.17. The highest BCUT2D eigenvalue weighted by atomic mass is 35.5. The van der Waals surface area contributed by atoms with Gasteiger partial charge in [0.15, 0.2) is 17.2 Å². The van der Waals surface area contributed by atoms with Crippen LogP contribution in [0.4, 0.5) is 5.69 Å². The zero-order chi connectivity index (χ0) is 21.7. The first kappa shape index (κ1) is 22.7. The van der Waals surface area contributed by atoms with Gasteiger partial charge in [0, 0.05) is 33.4 Å². The van der Waals surface area contributed by atoms with Gasteiger partial charge in [0.2, 0.25) is 0 Å². The molecule has 30 heavy (non-hydrogen) atoms. The molecular formula is C22H19Cl4NO3. The van der Waals surface area contributed by atoms with Crippen molar-refractivity contribution in [2.45, 2.75) is 20.1 Å². The van der Waals surface area contributed by atoms with E-state index >= 15 is 0 Å². The van der Waals surface area contributed by atoms with E-state index in [2.05, 4.69) is 5.32 Å². The fourth-order valence-electron chi connectivity index (χ4n) is 2.79. The van der Waals surface area contributed by atoms with E-state index in [1.807, 2.05) is 31.2 Å². The molecule has 0 radical (unpaired) electrons. The molecule has 0 aliphatic rings. The predicted octanol–water partition coefficient (Wildman–Crippen LogP) is 7.60. The van der Waals surface area contributed by atoms with Crippen molar-refractivity contribution >= 4 is 52.1 Å². The Morgan fingerprint density at radius 3 is 2.27 bits per heavy atom. The lowest BCUT2D eigenvalue weighted by Crippen LogP contribution is -2.06. The summed E-state index contributed by atoms with van der Waals surface area (Å²) in [5, 5.41) is 14.4. The van der Waals surface area contributed by atoms with Crippen molar-refractivity contribution < 1.29 is 14.6 Å². The summed E-state index contributed by atoms with van der Waals surface area (Å²) in [5.74, 6) is 1.09. The molecule has 3 rings (SSSR count). The summed E-state index contributed by atoms with van der Waals surface area (Å²) in [5.41, 5.74) is 2.34. The zero-order valence-corrected chi connectivity index (χ0v) is 19.0. The van der Waals surface area contributed by atoms with Crippen LogP contribution in [-0.4, -0.2) is 11.7 Å². The third-order valence-corrected chi connectivity index (χ3v) is 5.41. The van der Waals surface area contributed by atoms with Crippen LogP contribution in [0.3, 0.4) is 0 Å². The van der Waals surface area contributed by atoms with Crippen LogP contribution in [0.1, 0.15) is 18.1 Å². The maximum Gasteiger partial charge on any atom is 0.166 e. The number of phenols is 1. The molecule has 0 saturated heterocycles. The van der Waals surface area contributed by atoms with Gasteiger partial charge in [0.25, 0.3) is 0 Å². The molecule has 0 heterocycles. The summed E-state index contributed by atoms with van der Waals surface area (Å²) >= 11 is 24.2. The van der Waals surface area contributed by atoms with Crippen molar-refractivity contribution in [2.75, 3.05) is 11.9 Å². The highest BCUT2D eigenvalue weighted by Gasteiger charge is 2.14. The number of hydrogen-bond donors (Lipinski definition) is 2. The van der Waals surface area contributed by atoms with Gasteiger partial charge in [0.1, 0.15) is 6.61 Å². The van der Waals surface area contributed by atoms with E-state index in [0.29, 0.717) is 40.4 Å². The summed E-state index contributed by atoms with van der Waals surface area (Å²) in [6.07, 6.45) is 0. The number of halogens is 4. The summed E-state index contributed by atoms with van der Waals surface area (Å²) < 4.78 is 11.8. The second-order valence-electron chi connectivity index (χ2n) is 6.34. The largest absolute Gasteiger partial charge is 0.505 e. The fourth-order valence-corrected chi connectivity index (χ4v) is 3.74. The summed E-state index contributed by atoms with van der Waals surface area (Å²) in [6.45, 7) is 3.08. The monoisotopic (exact) mass is 485 g/mol. The SMILES string of the molecule is CCOc1cccc(CNc2cc(Cl)c(O)c(Cl)c2)c1OCc1ccc(Cl)cc1Cl. The van der Waals surface area contributed by atoms with Gasteiger partial charge in [-0.15, -0.1) is 0 Å². The molecule has 3 aromatic carbocycles. The van der Waals surface area contributed by atoms with Crippen LogP contribution in [0.15, 0.2) is 48.5 Å². The van der Waals surface area contributed by atoms with Crippen LogP contribution >= 0.6 is 46.4 Å². The van der Waals surface area contributed by atoms with E-state index < -0.39 is 0 Å². The van der Waals surface area contributed by atoms with Crippen molar-refractivity contribution in [3.63, 3.8) is 0 Å². The minimum absolute atomic E-state index is 0.147. The third kappa shape index (κ3) is 5.58. The van der Waals surface area contributed by atoms with E-state index in [9.17, 15) is 5.11 Å². The molecule has 158 valence electrons. The van der Waals surface area contributed by atoms with Crippen molar-refractivity contribution in [1.82, 2.24) is 0 Å². The minimum atomic E-state index is -0.147. The predicted molar refractivity (Wildman–Crippen MR) is 124 cm³/mol. The summed E-state index contributed by atoms with van der Waals surface area (Å²) in [4.78, 5) is 0. The maximum atomic E-state index is 9.73. The number of para-hydroxylation sites is 1. The average molecular weight is 487 g/mol. The molecule has 0 atom stereocenters. The van der Waals surface area contributed by atoms with E-state index in [-0.39, 0.29) is 22.4 Å². The zero-order valence-electron chi connectivity index (χ0n) is 16.0. The Labute approximate surface area is 195 Å². The van der Waals surface area contributed by atoms with E-state index in [0.717, 1.165) is 11.1 Å². The number of rotatable bonds is 8. The molecule has 0 amide bonds. The highest BCUT2D eigenvalue weighted by Crippen LogP contribution is 2.36. The van der Waals surface area contributed by atoms with Crippen molar-refractivity contribution in [1.29, 1.82) is 0 Å². The van der Waals surface area contributed by atoms with Gasteiger partial charge < -0.3 is 19.9 Å². The molecule has 8 heteroatoms. The molecule has 0 bridgehead atoms. The van der Waals surface area contributed by atoms with E-state index in [4.69, 9.17) is 55.9 Å². The molecule has 4 nitrogen and oxygen atoms in total. The van der Waals surface area contributed by atoms with Gasteiger partial charge >= 0.3 is 0 Å². The molecule has 3 aromatic rings. The van der Waals surface area contributed by atoms with Gasteiger partial charge in [-0.05, 0) is 37.3 Å². The summed E-state index contributed by atoms with van der Waals surface area (Å²) in [6, 6.07) is 14.1. The topological polar surface area (TPSA) is 50.7 Å². The lowest BCUT2D eigenvalue weighted by atomic mass is 10.1. The molecule has 0 spiro atoms. The quantitative estimate of drug-likeness (QED) is 0.322. The number of benzene rings is 3. The molecule has 0 aromatic heterocycles. The van der Waals surface area contributed by atoms with Crippen LogP contribution in [-0.2, 0) is 13.2 Å². The molecule has 0 aliphatic heterocycles. The smallest absolute Gasteiger partial charge is 0.166 e. The van der Waals surface area contributed by atoms with E-state index in [1.54, 1.807) is 24.3 Å². The Bertz CT molecular complexity index is 1020. The number of phenolic OH excluding ortho intramolecular Hbond substituents is 1. The maximum absolute atomic E-state index is 9.73. The number of hydrogen-bond acceptors (Lipinski definition) is 4. The van der Waals surface area contributed by atoms with E-state index in [1.165, 1.54) is 0 Å². The highest BCUT2D eigenvalue weighted by molar-refractivity contribution is 6.37. The number of ether oxygens (including phenoxy) is 2. The summed E-state index contributed by atoms with van der Waals surface area (Å²) in [7, 11) is 0. The average Bonchev–Trinajstić information content (AvgIpc) is 2.71. The van der Waals surface area contributed by atoms with Crippen LogP contribution in [0, 0.1) is 0 Å². The molecule has 2 N–H and O–H groups in total. The van der Waals surface area contributed by atoms with Crippen LogP contribution < -0.4 is 14.8 Å². The molecule has 0 unspecified atom stereocenters. The Morgan fingerprint density at radius 2 is 1.60 bits per heavy atom. The molecule has 0 aliphatic carbocycles. The second-order valence-corrected chi connectivity index (χ2v) is 8.00.